The van der Waals surface area contributed by atoms with Gasteiger partial charge in [-0.2, -0.15) is 0 Å². The largest absolute Gasteiger partial charge is 0.480 e. The van der Waals surface area contributed by atoms with Crippen LogP contribution in [0, 0.1) is 5.92 Å². The lowest BCUT2D eigenvalue weighted by atomic mass is 10.0. The Kier molecular flexibility index (Phi) is 14.7. The normalized spacial score (nSPS) is 16.3. The number of carboxylic acid groups (broad SMARTS) is 1. The Labute approximate surface area is 209 Å². The SMILES string of the molecule is CC(C)CC(NC(=O)CN)C(=O)NC(CCCN=C(N)N)C(=O)N1CCCC1C(=O)NCC(=O)O.F. The van der Waals surface area contributed by atoms with Gasteiger partial charge in [0.15, 0.2) is 5.96 Å². The van der Waals surface area contributed by atoms with Gasteiger partial charge >= 0.3 is 5.97 Å². The van der Waals surface area contributed by atoms with Crippen molar-refractivity contribution in [3.05, 3.63) is 0 Å². The molecule has 0 aromatic rings. The molecule has 206 valence electrons. The molecule has 15 heteroatoms. The fourth-order valence-corrected chi connectivity index (χ4v) is 3.77. The number of aliphatic imine (C=N–C) groups is 1. The average Bonchev–Trinajstić information content (AvgIpc) is 3.27. The molecular weight excluding hydrogens is 479 g/mol. The van der Waals surface area contributed by atoms with Gasteiger partial charge in [0, 0.05) is 13.1 Å². The van der Waals surface area contributed by atoms with E-state index in [4.69, 9.17) is 22.3 Å². The van der Waals surface area contributed by atoms with Gasteiger partial charge < -0.3 is 43.2 Å². The molecule has 3 unspecified atom stereocenters. The second-order valence-electron chi connectivity index (χ2n) is 8.76. The zero-order chi connectivity index (χ0) is 26.5. The van der Waals surface area contributed by atoms with Crippen LogP contribution in [-0.4, -0.2) is 89.9 Å². The smallest absolute Gasteiger partial charge is 0.322 e. The van der Waals surface area contributed by atoms with E-state index in [-0.39, 0.29) is 42.6 Å². The van der Waals surface area contributed by atoms with Crippen LogP contribution >= 0.6 is 0 Å². The molecule has 1 aliphatic heterocycles. The number of halogens is 1. The molecular formula is C21H39FN8O6. The first-order valence-electron chi connectivity index (χ1n) is 11.6. The molecule has 0 aromatic carbocycles. The zero-order valence-electron chi connectivity index (χ0n) is 20.7. The lowest BCUT2D eigenvalue weighted by molar-refractivity contribution is -0.143. The summed E-state index contributed by atoms with van der Waals surface area (Å²) >= 11 is 0. The highest BCUT2D eigenvalue weighted by Gasteiger charge is 2.38. The van der Waals surface area contributed by atoms with Crippen LogP contribution in [0.15, 0.2) is 4.99 Å². The molecule has 1 heterocycles. The van der Waals surface area contributed by atoms with Gasteiger partial charge in [-0.05, 0) is 38.0 Å². The van der Waals surface area contributed by atoms with Gasteiger partial charge in [0.1, 0.15) is 24.7 Å². The topological polar surface area (TPSA) is 235 Å². The lowest BCUT2D eigenvalue weighted by Crippen LogP contribution is -2.57. The minimum absolute atomic E-state index is 0. The Bertz CT molecular complexity index is 805. The lowest BCUT2D eigenvalue weighted by Gasteiger charge is -2.30. The third kappa shape index (κ3) is 11.3. The second kappa shape index (κ2) is 16.2. The predicted octanol–water partition coefficient (Wildman–Crippen LogP) is -2.64. The number of guanidine groups is 1. The molecule has 0 spiro atoms. The number of hydrogen-bond donors (Lipinski definition) is 7. The summed E-state index contributed by atoms with van der Waals surface area (Å²) in [5, 5.41) is 16.4. The maximum Gasteiger partial charge on any atom is 0.322 e. The van der Waals surface area contributed by atoms with Crippen LogP contribution in [0.2, 0.25) is 0 Å². The second-order valence-corrected chi connectivity index (χ2v) is 8.76. The fraction of sp³-hybridized carbons (Fsp3) is 0.714. The Morgan fingerprint density at radius 2 is 1.78 bits per heavy atom. The molecule has 36 heavy (non-hydrogen) atoms. The number of amides is 4. The van der Waals surface area contributed by atoms with Crippen molar-refractivity contribution in [3.8, 4) is 0 Å². The molecule has 3 atom stereocenters. The maximum atomic E-state index is 13.4. The van der Waals surface area contributed by atoms with E-state index in [1.807, 2.05) is 13.8 Å². The summed E-state index contributed by atoms with van der Waals surface area (Å²) in [5.74, 6) is -3.34. The first-order chi connectivity index (χ1) is 16.5. The van der Waals surface area contributed by atoms with Crippen molar-refractivity contribution in [2.75, 3.05) is 26.2 Å². The van der Waals surface area contributed by atoms with Gasteiger partial charge in [0.2, 0.25) is 23.6 Å². The van der Waals surface area contributed by atoms with Crippen molar-refractivity contribution in [1.82, 2.24) is 20.9 Å². The molecule has 0 radical (unpaired) electrons. The van der Waals surface area contributed by atoms with E-state index in [2.05, 4.69) is 20.9 Å². The number of rotatable bonds is 14. The van der Waals surface area contributed by atoms with E-state index in [0.717, 1.165) is 0 Å². The fourth-order valence-electron chi connectivity index (χ4n) is 3.77. The third-order valence-electron chi connectivity index (χ3n) is 5.36. The molecule has 1 aliphatic rings. The van der Waals surface area contributed by atoms with Crippen LogP contribution in [0.3, 0.4) is 0 Å². The van der Waals surface area contributed by atoms with E-state index in [9.17, 15) is 24.0 Å². The summed E-state index contributed by atoms with van der Waals surface area (Å²) in [4.78, 5) is 66.8. The monoisotopic (exact) mass is 518 g/mol. The number of carboxylic acids is 1. The van der Waals surface area contributed by atoms with Gasteiger partial charge in [-0.25, -0.2) is 0 Å². The number of carbonyl (C=O) groups is 5. The van der Waals surface area contributed by atoms with Crippen LogP contribution in [-0.2, 0) is 24.0 Å². The summed E-state index contributed by atoms with van der Waals surface area (Å²) in [5.41, 5.74) is 16.0. The Morgan fingerprint density at radius 3 is 2.33 bits per heavy atom. The van der Waals surface area contributed by atoms with Crippen LogP contribution in [0.1, 0.15) is 46.0 Å². The zero-order valence-corrected chi connectivity index (χ0v) is 20.7. The molecule has 4 amide bonds. The maximum absolute atomic E-state index is 13.4. The van der Waals surface area contributed by atoms with Crippen molar-refractivity contribution in [2.24, 2.45) is 28.1 Å². The molecule has 1 fully saturated rings. The van der Waals surface area contributed by atoms with Crippen LogP contribution < -0.4 is 33.2 Å². The van der Waals surface area contributed by atoms with E-state index in [0.29, 0.717) is 25.7 Å². The number of nitrogens with zero attached hydrogens (tertiary/aromatic N) is 2. The van der Waals surface area contributed by atoms with Crippen LogP contribution in [0.25, 0.3) is 0 Å². The van der Waals surface area contributed by atoms with E-state index >= 15 is 0 Å². The number of nitrogens with two attached hydrogens (primary N) is 3. The van der Waals surface area contributed by atoms with Crippen molar-refractivity contribution in [3.63, 3.8) is 0 Å². The number of hydrogen-bond acceptors (Lipinski definition) is 7. The van der Waals surface area contributed by atoms with Gasteiger partial charge in [-0.3, -0.25) is 33.7 Å². The van der Waals surface area contributed by atoms with E-state index < -0.39 is 54.3 Å². The van der Waals surface area contributed by atoms with Crippen molar-refractivity contribution in [1.29, 1.82) is 0 Å². The van der Waals surface area contributed by atoms with Gasteiger partial charge in [0.05, 0.1) is 6.54 Å². The minimum atomic E-state index is -1.20. The highest BCUT2D eigenvalue weighted by molar-refractivity contribution is 5.95. The summed E-state index contributed by atoms with van der Waals surface area (Å²) in [6.45, 7) is 3.43. The molecule has 1 saturated heterocycles. The predicted molar refractivity (Wildman–Crippen MR) is 130 cm³/mol. The Morgan fingerprint density at radius 1 is 1.11 bits per heavy atom. The van der Waals surface area contributed by atoms with Crippen molar-refractivity contribution in [2.45, 2.75) is 64.1 Å². The van der Waals surface area contributed by atoms with Gasteiger partial charge in [-0.15, -0.1) is 0 Å². The standard InChI is InChI=1S/C21H38N8O6.FH/c1-12(2)9-14(27-16(30)10-22)18(33)28-13(5-3-7-25-21(23)24)20(35)29-8-4-6-15(29)19(34)26-11-17(31)32;/h12-15H,3-11,22H2,1-2H3,(H,26,34)(H,27,30)(H,28,33)(H,31,32)(H4,23,24,25);1H. The highest BCUT2D eigenvalue weighted by atomic mass is 19.0. The molecule has 14 nitrogen and oxygen atoms in total. The molecule has 0 aromatic heterocycles. The number of nitrogens with one attached hydrogen (secondary N) is 3. The summed E-state index contributed by atoms with van der Waals surface area (Å²) in [6, 6.07) is -2.75. The highest BCUT2D eigenvalue weighted by Crippen LogP contribution is 2.20. The summed E-state index contributed by atoms with van der Waals surface area (Å²) in [7, 11) is 0. The van der Waals surface area contributed by atoms with E-state index in [1.165, 1.54) is 4.90 Å². The minimum Gasteiger partial charge on any atom is -0.480 e. The molecule has 1 rings (SSSR count). The van der Waals surface area contributed by atoms with Gasteiger partial charge in [0.25, 0.3) is 0 Å². The average molecular weight is 519 g/mol. The Balaban J connectivity index is 0.0000122. The molecule has 10 N–H and O–H groups in total. The van der Waals surface area contributed by atoms with Crippen LogP contribution in [0.5, 0.6) is 0 Å². The van der Waals surface area contributed by atoms with Gasteiger partial charge in [-0.1, -0.05) is 13.8 Å². The number of aliphatic carboxylic acids is 1. The molecule has 0 saturated carbocycles. The van der Waals surface area contributed by atoms with E-state index in [1.54, 1.807) is 0 Å². The van der Waals surface area contributed by atoms with Crippen molar-refractivity contribution < 1.29 is 33.8 Å². The van der Waals surface area contributed by atoms with Crippen molar-refractivity contribution >= 4 is 35.6 Å². The number of carbonyl (C=O) groups excluding carboxylic acids is 4. The first-order valence-corrected chi connectivity index (χ1v) is 11.6. The summed E-state index contributed by atoms with van der Waals surface area (Å²) < 4.78 is 0. The first kappa shape index (κ1) is 32.5. The Hall–Kier alpha value is -3.49. The third-order valence-corrected chi connectivity index (χ3v) is 5.36. The van der Waals surface area contributed by atoms with Crippen LogP contribution in [0.4, 0.5) is 4.70 Å². The summed E-state index contributed by atoms with van der Waals surface area (Å²) in [6.07, 6.45) is 1.79. The number of likely N-dealkylation sites (tertiary alicyclic amines) is 1. The molecule has 0 aliphatic carbocycles. The quantitative estimate of drug-likeness (QED) is 0.0721. The molecule has 0 bridgehead atoms.